The highest BCUT2D eigenvalue weighted by Gasteiger charge is 2.37. The molecule has 1 aromatic heterocycles. The summed E-state index contributed by atoms with van der Waals surface area (Å²) in [5.41, 5.74) is -0.0321. The minimum atomic E-state index is -0.0321. The summed E-state index contributed by atoms with van der Waals surface area (Å²) in [6.07, 6.45) is 2.68. The molecule has 0 saturated carbocycles. The highest BCUT2D eigenvalue weighted by Crippen LogP contribution is 2.40. The third-order valence-corrected chi connectivity index (χ3v) is 3.96. The van der Waals surface area contributed by atoms with Crippen LogP contribution in [0.1, 0.15) is 24.6 Å². The Morgan fingerprint density at radius 2 is 2.57 bits per heavy atom. The Labute approximate surface area is 89.3 Å². The summed E-state index contributed by atoms with van der Waals surface area (Å²) in [6.45, 7) is 3.16. The Hall–Kier alpha value is -0.380. The molecule has 0 spiro atoms. The molecule has 2 nitrogen and oxygen atoms in total. The molecule has 1 aliphatic heterocycles. The number of rotatable bonds is 3. The fraction of sp³-hybridized carbons (Fsp3) is 0.636. The first-order valence-electron chi connectivity index (χ1n) is 5.11. The average molecular weight is 211 g/mol. The lowest BCUT2D eigenvalue weighted by molar-refractivity contribution is -0.0282. The van der Waals surface area contributed by atoms with Gasteiger partial charge in [-0.3, -0.25) is 0 Å². The van der Waals surface area contributed by atoms with Crippen LogP contribution >= 0.6 is 11.3 Å². The maximum absolute atomic E-state index is 6.08. The Kier molecular flexibility index (Phi) is 2.91. The van der Waals surface area contributed by atoms with Crippen LogP contribution in [0.5, 0.6) is 0 Å². The van der Waals surface area contributed by atoms with Gasteiger partial charge in [0.15, 0.2) is 0 Å². The lowest BCUT2D eigenvalue weighted by atomic mass is 10.0. The van der Waals surface area contributed by atoms with Crippen molar-refractivity contribution < 1.29 is 4.74 Å². The zero-order chi connectivity index (χ0) is 10.0. The second kappa shape index (κ2) is 4.01. The van der Waals surface area contributed by atoms with Gasteiger partial charge in [-0.15, -0.1) is 11.3 Å². The van der Waals surface area contributed by atoms with E-state index in [1.165, 1.54) is 4.88 Å². The molecule has 0 bridgehead atoms. The fourth-order valence-corrected chi connectivity index (χ4v) is 2.91. The molecule has 0 aliphatic carbocycles. The molecule has 2 rings (SSSR count). The molecule has 0 aromatic carbocycles. The van der Waals surface area contributed by atoms with Crippen LogP contribution in [0.25, 0.3) is 0 Å². The second-order valence-corrected chi connectivity index (χ2v) is 4.99. The summed E-state index contributed by atoms with van der Waals surface area (Å²) >= 11 is 1.79. The van der Waals surface area contributed by atoms with E-state index in [2.05, 4.69) is 29.8 Å². The number of ether oxygens (including phenoxy) is 1. The molecule has 3 heteroatoms. The number of thiophene rings is 1. The Morgan fingerprint density at radius 1 is 1.71 bits per heavy atom. The molecule has 78 valence electrons. The predicted molar refractivity (Wildman–Crippen MR) is 59.7 cm³/mol. The van der Waals surface area contributed by atoms with Gasteiger partial charge >= 0.3 is 0 Å². The molecule has 1 aromatic rings. The van der Waals surface area contributed by atoms with Crippen LogP contribution in [-0.2, 0) is 10.3 Å². The molecule has 0 radical (unpaired) electrons. The van der Waals surface area contributed by atoms with Gasteiger partial charge in [-0.05, 0) is 38.3 Å². The van der Waals surface area contributed by atoms with Crippen LogP contribution in [0.2, 0.25) is 0 Å². The Balaban J connectivity index is 2.06. The Morgan fingerprint density at radius 3 is 3.21 bits per heavy atom. The number of likely N-dealkylation sites (N-methyl/N-ethyl adjacent to an activating group) is 1. The molecule has 1 aliphatic rings. The zero-order valence-corrected chi connectivity index (χ0v) is 9.56. The average Bonchev–Trinajstić information content (AvgIpc) is 2.75. The molecule has 1 fully saturated rings. The van der Waals surface area contributed by atoms with Crippen molar-refractivity contribution in [3.63, 3.8) is 0 Å². The summed E-state index contributed by atoms with van der Waals surface area (Å²) in [5.74, 6) is 0. The van der Waals surface area contributed by atoms with Crippen LogP contribution in [0.15, 0.2) is 17.5 Å². The van der Waals surface area contributed by atoms with E-state index in [9.17, 15) is 0 Å². The third-order valence-electron chi connectivity index (χ3n) is 2.84. The first-order valence-corrected chi connectivity index (χ1v) is 5.99. The number of hydrogen-bond donors (Lipinski definition) is 1. The summed E-state index contributed by atoms with van der Waals surface area (Å²) in [6, 6.07) is 4.27. The quantitative estimate of drug-likeness (QED) is 0.828. The molecule has 1 N–H and O–H groups in total. The summed E-state index contributed by atoms with van der Waals surface area (Å²) in [4.78, 5) is 1.36. The van der Waals surface area contributed by atoms with E-state index in [0.29, 0.717) is 6.10 Å². The summed E-state index contributed by atoms with van der Waals surface area (Å²) in [7, 11) is 1.98. The van der Waals surface area contributed by atoms with E-state index in [1.54, 1.807) is 11.3 Å². The molecule has 0 amide bonds. The minimum Gasteiger partial charge on any atom is -0.365 e. The first kappa shape index (κ1) is 10.1. The number of hydrogen-bond acceptors (Lipinski definition) is 3. The smallest absolute Gasteiger partial charge is 0.0999 e. The van der Waals surface area contributed by atoms with Crippen molar-refractivity contribution in [3.05, 3.63) is 22.4 Å². The van der Waals surface area contributed by atoms with Crippen LogP contribution < -0.4 is 5.32 Å². The lowest BCUT2D eigenvalue weighted by Gasteiger charge is -2.23. The van der Waals surface area contributed by atoms with Gasteiger partial charge in [0.2, 0.25) is 0 Å². The van der Waals surface area contributed by atoms with Crippen LogP contribution in [0.3, 0.4) is 0 Å². The monoisotopic (exact) mass is 211 g/mol. The van der Waals surface area contributed by atoms with E-state index in [-0.39, 0.29) is 5.60 Å². The van der Waals surface area contributed by atoms with Gasteiger partial charge in [0.1, 0.15) is 0 Å². The molecule has 1 saturated heterocycles. The van der Waals surface area contributed by atoms with Gasteiger partial charge in [-0.2, -0.15) is 0 Å². The van der Waals surface area contributed by atoms with Gasteiger partial charge in [0, 0.05) is 11.4 Å². The molecule has 14 heavy (non-hydrogen) atoms. The molecular weight excluding hydrogens is 194 g/mol. The van der Waals surface area contributed by atoms with Gasteiger partial charge in [-0.1, -0.05) is 6.07 Å². The first-order chi connectivity index (χ1) is 6.74. The van der Waals surface area contributed by atoms with E-state index in [1.807, 2.05) is 7.05 Å². The van der Waals surface area contributed by atoms with E-state index in [0.717, 1.165) is 19.4 Å². The van der Waals surface area contributed by atoms with Crippen molar-refractivity contribution in [2.24, 2.45) is 0 Å². The van der Waals surface area contributed by atoms with Gasteiger partial charge in [0.25, 0.3) is 0 Å². The molecule has 2 heterocycles. The van der Waals surface area contributed by atoms with Crippen molar-refractivity contribution in [1.82, 2.24) is 5.32 Å². The standard InChI is InChI=1S/C11H17NOS/c1-11(10-4-3-7-14-10)6-5-9(13-11)8-12-2/h3-4,7,9,12H,5-6,8H2,1-2H3. The highest BCUT2D eigenvalue weighted by molar-refractivity contribution is 7.10. The van der Waals surface area contributed by atoms with E-state index >= 15 is 0 Å². The summed E-state index contributed by atoms with van der Waals surface area (Å²) in [5, 5.41) is 5.29. The van der Waals surface area contributed by atoms with Gasteiger partial charge in [0.05, 0.1) is 11.7 Å². The van der Waals surface area contributed by atoms with Crippen LogP contribution in [0.4, 0.5) is 0 Å². The molecular formula is C11H17NOS. The van der Waals surface area contributed by atoms with Gasteiger partial charge < -0.3 is 10.1 Å². The largest absolute Gasteiger partial charge is 0.365 e. The normalized spacial score (nSPS) is 32.3. The van der Waals surface area contributed by atoms with Crippen molar-refractivity contribution >= 4 is 11.3 Å². The fourth-order valence-electron chi connectivity index (χ4n) is 2.05. The van der Waals surface area contributed by atoms with Crippen molar-refractivity contribution in [2.45, 2.75) is 31.5 Å². The van der Waals surface area contributed by atoms with Crippen molar-refractivity contribution in [2.75, 3.05) is 13.6 Å². The van der Waals surface area contributed by atoms with E-state index < -0.39 is 0 Å². The topological polar surface area (TPSA) is 21.3 Å². The predicted octanol–water partition coefficient (Wildman–Crippen LogP) is 2.36. The Bertz CT molecular complexity index is 285. The molecule has 2 unspecified atom stereocenters. The summed E-state index contributed by atoms with van der Waals surface area (Å²) < 4.78 is 6.08. The lowest BCUT2D eigenvalue weighted by Crippen LogP contribution is -2.27. The van der Waals surface area contributed by atoms with E-state index in [4.69, 9.17) is 4.74 Å². The third kappa shape index (κ3) is 1.85. The minimum absolute atomic E-state index is 0.0321. The van der Waals surface area contributed by atoms with Crippen molar-refractivity contribution in [1.29, 1.82) is 0 Å². The maximum Gasteiger partial charge on any atom is 0.0999 e. The van der Waals surface area contributed by atoms with Gasteiger partial charge in [-0.25, -0.2) is 0 Å². The van der Waals surface area contributed by atoms with Crippen LogP contribution in [0, 0.1) is 0 Å². The zero-order valence-electron chi connectivity index (χ0n) is 8.75. The second-order valence-electron chi connectivity index (χ2n) is 4.04. The highest BCUT2D eigenvalue weighted by atomic mass is 32.1. The maximum atomic E-state index is 6.08. The van der Waals surface area contributed by atoms with Crippen LogP contribution in [-0.4, -0.2) is 19.7 Å². The molecule has 2 atom stereocenters. The van der Waals surface area contributed by atoms with Crippen molar-refractivity contribution in [3.8, 4) is 0 Å². The number of nitrogens with one attached hydrogen (secondary N) is 1. The SMILES string of the molecule is CNCC1CCC(C)(c2cccs2)O1.